The van der Waals surface area contributed by atoms with E-state index in [4.69, 9.17) is 0 Å². The second-order valence-corrected chi connectivity index (χ2v) is 7.74. The van der Waals surface area contributed by atoms with E-state index >= 15 is 0 Å². The van der Waals surface area contributed by atoms with E-state index in [9.17, 15) is 0 Å². The Bertz CT molecular complexity index is 570. The molecule has 0 spiro atoms. The van der Waals surface area contributed by atoms with Crippen molar-refractivity contribution < 1.29 is 0 Å². The van der Waals surface area contributed by atoms with Crippen molar-refractivity contribution in [2.75, 3.05) is 5.01 Å². The molecule has 0 amide bonds. The molecule has 0 aromatic heterocycles. The first-order valence-electron chi connectivity index (χ1n) is 7.78. The topological polar surface area (TPSA) is 28.0 Å². The van der Waals surface area contributed by atoms with Gasteiger partial charge < -0.3 is 0 Å². The van der Waals surface area contributed by atoms with E-state index in [1.807, 2.05) is 0 Å². The summed E-state index contributed by atoms with van der Waals surface area (Å²) in [5.41, 5.74) is 1.20. The van der Waals surface area contributed by atoms with Crippen molar-refractivity contribution in [1.29, 1.82) is 0 Å². The molecular weight excluding hydrogens is 314 g/mol. The molecule has 3 nitrogen and oxygen atoms in total. The molecule has 4 heteroatoms. The maximum atomic E-state index is 4.66. The summed E-state index contributed by atoms with van der Waals surface area (Å²) in [4.78, 5) is 0. The van der Waals surface area contributed by atoms with Gasteiger partial charge in [0.05, 0.1) is 17.8 Å². The lowest BCUT2D eigenvalue weighted by Gasteiger charge is -2.35. The lowest BCUT2D eigenvalue weighted by atomic mass is 9.76. The minimum Gasteiger partial charge on any atom is -0.242 e. The number of hydrogen-bond acceptors (Lipinski definition) is 3. The van der Waals surface area contributed by atoms with Crippen molar-refractivity contribution in [3.63, 3.8) is 0 Å². The average molecular weight is 332 g/mol. The second-order valence-electron chi connectivity index (χ2n) is 6.83. The SMILES string of the molecule is Brc1ccc(N2N=N[C@H]3[C@@H]4C[C@H]([C@H]5CCC[C@@H]54)[C@H]32)cc1. The zero-order valence-corrected chi connectivity index (χ0v) is 12.9. The molecule has 5 rings (SSSR count). The van der Waals surface area contributed by atoms with Gasteiger partial charge in [-0.2, -0.15) is 5.11 Å². The van der Waals surface area contributed by atoms with Gasteiger partial charge in [0.2, 0.25) is 0 Å². The van der Waals surface area contributed by atoms with Crippen molar-refractivity contribution in [2.24, 2.45) is 34.0 Å². The van der Waals surface area contributed by atoms with Crippen LogP contribution >= 0.6 is 15.9 Å². The number of rotatable bonds is 1. The van der Waals surface area contributed by atoms with Gasteiger partial charge in [0, 0.05) is 4.47 Å². The summed E-state index contributed by atoms with van der Waals surface area (Å²) in [5, 5.41) is 11.4. The van der Waals surface area contributed by atoms with Crippen LogP contribution in [0.3, 0.4) is 0 Å². The summed E-state index contributed by atoms with van der Waals surface area (Å²) in [6.07, 6.45) is 5.74. The number of halogens is 1. The summed E-state index contributed by atoms with van der Waals surface area (Å²) in [7, 11) is 0. The minimum atomic E-state index is 0.475. The first-order chi connectivity index (χ1) is 9.83. The monoisotopic (exact) mass is 331 g/mol. The van der Waals surface area contributed by atoms with E-state index in [1.165, 1.54) is 31.4 Å². The molecule has 1 aromatic rings. The molecule has 4 aliphatic rings. The van der Waals surface area contributed by atoms with Crippen LogP contribution in [0.25, 0.3) is 0 Å². The molecule has 0 unspecified atom stereocenters. The van der Waals surface area contributed by atoms with Crippen molar-refractivity contribution in [1.82, 2.24) is 0 Å². The van der Waals surface area contributed by atoms with Gasteiger partial charge in [-0.05, 0) is 67.2 Å². The average Bonchev–Trinajstić information content (AvgIpc) is 3.18. The molecule has 20 heavy (non-hydrogen) atoms. The van der Waals surface area contributed by atoms with Crippen LogP contribution in [0.5, 0.6) is 0 Å². The van der Waals surface area contributed by atoms with Crippen LogP contribution in [0.15, 0.2) is 39.1 Å². The van der Waals surface area contributed by atoms with Gasteiger partial charge in [0.25, 0.3) is 0 Å². The zero-order valence-electron chi connectivity index (χ0n) is 11.3. The van der Waals surface area contributed by atoms with Gasteiger partial charge in [0.15, 0.2) is 0 Å². The lowest BCUT2D eigenvalue weighted by molar-refractivity contribution is 0.217. The Morgan fingerprint density at radius 2 is 1.75 bits per heavy atom. The van der Waals surface area contributed by atoms with Crippen LogP contribution in [0.1, 0.15) is 25.7 Å². The Morgan fingerprint density at radius 3 is 2.55 bits per heavy atom. The first-order valence-corrected chi connectivity index (χ1v) is 8.58. The van der Waals surface area contributed by atoms with E-state index in [-0.39, 0.29) is 0 Å². The fourth-order valence-corrected chi connectivity index (χ4v) is 5.77. The quantitative estimate of drug-likeness (QED) is 0.747. The highest BCUT2D eigenvalue weighted by molar-refractivity contribution is 9.10. The molecule has 0 N–H and O–H groups in total. The largest absolute Gasteiger partial charge is 0.242 e. The molecule has 1 aliphatic heterocycles. The molecule has 1 aromatic carbocycles. The molecular formula is C16H18BrN3. The highest BCUT2D eigenvalue weighted by Crippen LogP contribution is 2.62. The van der Waals surface area contributed by atoms with Crippen LogP contribution in [0.4, 0.5) is 5.69 Å². The highest BCUT2D eigenvalue weighted by atomic mass is 79.9. The van der Waals surface area contributed by atoms with Crippen LogP contribution < -0.4 is 5.01 Å². The molecule has 6 atom stereocenters. The van der Waals surface area contributed by atoms with E-state index in [0.717, 1.165) is 28.1 Å². The molecule has 0 saturated heterocycles. The lowest BCUT2D eigenvalue weighted by Crippen LogP contribution is -2.44. The fourth-order valence-electron chi connectivity index (χ4n) is 5.51. The number of benzene rings is 1. The minimum absolute atomic E-state index is 0.475. The van der Waals surface area contributed by atoms with Crippen molar-refractivity contribution >= 4 is 21.6 Å². The van der Waals surface area contributed by atoms with E-state index in [2.05, 4.69) is 55.5 Å². The highest BCUT2D eigenvalue weighted by Gasteiger charge is 2.62. The number of anilines is 1. The maximum Gasteiger partial charge on any atom is 0.0987 e. The summed E-state index contributed by atoms with van der Waals surface area (Å²) >= 11 is 3.51. The van der Waals surface area contributed by atoms with Crippen LogP contribution in [-0.4, -0.2) is 12.1 Å². The van der Waals surface area contributed by atoms with Crippen LogP contribution in [0.2, 0.25) is 0 Å². The fraction of sp³-hybridized carbons (Fsp3) is 0.625. The van der Waals surface area contributed by atoms with Crippen molar-refractivity contribution in [3.8, 4) is 0 Å². The third-order valence-electron chi connectivity index (χ3n) is 6.15. The van der Waals surface area contributed by atoms with E-state index < -0.39 is 0 Å². The van der Waals surface area contributed by atoms with Gasteiger partial charge in [-0.15, -0.1) is 0 Å². The van der Waals surface area contributed by atoms with Crippen LogP contribution in [0, 0.1) is 23.7 Å². The van der Waals surface area contributed by atoms with Gasteiger partial charge in [0.1, 0.15) is 0 Å². The predicted molar refractivity (Wildman–Crippen MR) is 81.5 cm³/mol. The summed E-state index contributed by atoms with van der Waals surface area (Å²) in [6, 6.07) is 9.53. The van der Waals surface area contributed by atoms with Gasteiger partial charge in [-0.1, -0.05) is 27.6 Å². The molecule has 0 radical (unpaired) electrons. The summed E-state index contributed by atoms with van der Waals surface area (Å²) in [6.45, 7) is 0. The maximum absolute atomic E-state index is 4.66. The molecule has 104 valence electrons. The Labute approximate surface area is 127 Å². The van der Waals surface area contributed by atoms with Crippen LogP contribution in [-0.2, 0) is 0 Å². The second kappa shape index (κ2) is 4.06. The van der Waals surface area contributed by atoms with Crippen molar-refractivity contribution in [3.05, 3.63) is 28.7 Å². The van der Waals surface area contributed by atoms with E-state index in [0.29, 0.717) is 12.1 Å². The number of nitrogens with zero attached hydrogens (tertiary/aromatic N) is 3. The molecule has 1 heterocycles. The Balaban J connectivity index is 1.50. The normalized spacial score (nSPS) is 44.1. The number of hydrogen-bond donors (Lipinski definition) is 0. The Kier molecular flexibility index (Phi) is 2.38. The molecule has 3 fully saturated rings. The molecule has 2 bridgehead atoms. The third kappa shape index (κ3) is 1.41. The van der Waals surface area contributed by atoms with E-state index in [1.54, 1.807) is 0 Å². The Morgan fingerprint density at radius 1 is 1.00 bits per heavy atom. The van der Waals surface area contributed by atoms with Crippen molar-refractivity contribution in [2.45, 2.75) is 37.8 Å². The standard InChI is InChI=1S/C16H18BrN3/c17-9-4-6-10(7-5-9)20-16-14-8-13(15(16)18-19-20)11-2-1-3-12(11)14/h4-7,11-16H,1-3,8H2/t11-,12-,13+,14+,15-,16+/m0/s1. The Hall–Kier alpha value is -0.900. The third-order valence-corrected chi connectivity index (χ3v) is 6.68. The summed E-state index contributed by atoms with van der Waals surface area (Å²) < 4.78 is 1.12. The summed E-state index contributed by atoms with van der Waals surface area (Å²) in [5.74, 6) is 3.57. The smallest absolute Gasteiger partial charge is 0.0987 e. The molecule has 3 saturated carbocycles. The predicted octanol–water partition coefficient (Wildman–Crippen LogP) is 4.44. The van der Waals surface area contributed by atoms with Gasteiger partial charge >= 0.3 is 0 Å². The number of fused-ring (bicyclic) bond motifs is 8. The van der Waals surface area contributed by atoms with Gasteiger partial charge in [-0.25, -0.2) is 5.01 Å². The molecule has 3 aliphatic carbocycles. The van der Waals surface area contributed by atoms with Gasteiger partial charge in [-0.3, -0.25) is 0 Å². The zero-order chi connectivity index (χ0) is 13.3. The first kappa shape index (κ1) is 11.7.